The maximum absolute atomic E-state index is 12.3. The van der Waals surface area contributed by atoms with Gasteiger partial charge in [-0.1, -0.05) is 6.07 Å². The maximum Gasteiger partial charge on any atom is 0.311 e. The lowest BCUT2D eigenvalue weighted by Crippen LogP contribution is -2.50. The van der Waals surface area contributed by atoms with Crippen molar-refractivity contribution in [3.63, 3.8) is 0 Å². The second-order valence-electron chi connectivity index (χ2n) is 5.06. The van der Waals surface area contributed by atoms with E-state index < -0.39 is 11.0 Å². The lowest BCUT2D eigenvalue weighted by molar-refractivity contribution is -0.386. The van der Waals surface area contributed by atoms with Gasteiger partial charge in [0.2, 0.25) is 0 Å². The van der Waals surface area contributed by atoms with E-state index in [2.05, 4.69) is 5.32 Å². The third kappa shape index (κ3) is 3.69. The van der Waals surface area contributed by atoms with E-state index in [0.29, 0.717) is 13.1 Å². The molecule has 1 heterocycles. The van der Waals surface area contributed by atoms with Gasteiger partial charge in [-0.05, 0) is 25.5 Å². The van der Waals surface area contributed by atoms with Gasteiger partial charge < -0.3 is 15.0 Å². The smallest absolute Gasteiger partial charge is 0.311 e. The first-order valence-corrected chi connectivity index (χ1v) is 6.90. The standard InChI is InChI=1S/C14H19N3O4/c1-10-3-4-13(12(9-10)17(19)20)21-11(2)14(18)16-7-5-15-6-8-16/h3-4,9,11,15H,5-8H2,1-2H3. The Bertz CT molecular complexity index is 541. The van der Waals surface area contributed by atoms with Gasteiger partial charge in [0.25, 0.3) is 5.91 Å². The van der Waals surface area contributed by atoms with Crippen molar-refractivity contribution in [2.45, 2.75) is 20.0 Å². The number of nitro benzene ring substituents is 1. The second-order valence-corrected chi connectivity index (χ2v) is 5.06. The van der Waals surface area contributed by atoms with Gasteiger partial charge in [-0.3, -0.25) is 14.9 Å². The normalized spacial score (nSPS) is 16.4. The Morgan fingerprint density at radius 3 is 2.71 bits per heavy atom. The monoisotopic (exact) mass is 293 g/mol. The summed E-state index contributed by atoms with van der Waals surface area (Å²) in [5.41, 5.74) is 0.657. The van der Waals surface area contributed by atoms with Crippen molar-refractivity contribution < 1.29 is 14.5 Å². The van der Waals surface area contributed by atoms with E-state index >= 15 is 0 Å². The highest BCUT2D eigenvalue weighted by Gasteiger charge is 2.26. The highest BCUT2D eigenvalue weighted by Crippen LogP contribution is 2.28. The summed E-state index contributed by atoms with van der Waals surface area (Å²) in [6.07, 6.45) is -0.746. The molecule has 1 atom stereocenters. The molecule has 114 valence electrons. The van der Waals surface area contributed by atoms with Gasteiger partial charge in [0.15, 0.2) is 11.9 Å². The lowest BCUT2D eigenvalue weighted by atomic mass is 10.2. The number of hydrogen-bond donors (Lipinski definition) is 1. The molecule has 1 aromatic rings. The molecule has 0 aliphatic carbocycles. The molecule has 21 heavy (non-hydrogen) atoms. The van der Waals surface area contributed by atoms with Crippen LogP contribution in [0.1, 0.15) is 12.5 Å². The molecular weight excluding hydrogens is 274 g/mol. The van der Waals surface area contributed by atoms with Crippen molar-refractivity contribution >= 4 is 11.6 Å². The second kappa shape index (κ2) is 6.53. The van der Waals surface area contributed by atoms with Crippen LogP contribution in [0.15, 0.2) is 18.2 Å². The Balaban J connectivity index is 2.10. The minimum Gasteiger partial charge on any atom is -0.474 e. The third-order valence-electron chi connectivity index (χ3n) is 3.39. The number of amides is 1. The molecule has 1 fully saturated rings. The number of hydrogen-bond acceptors (Lipinski definition) is 5. The van der Waals surface area contributed by atoms with E-state index in [9.17, 15) is 14.9 Å². The van der Waals surface area contributed by atoms with Crippen molar-refractivity contribution in [2.24, 2.45) is 0 Å². The van der Waals surface area contributed by atoms with E-state index in [-0.39, 0.29) is 17.3 Å². The number of piperazine rings is 1. The molecule has 1 N–H and O–H groups in total. The number of aryl methyl sites for hydroxylation is 1. The van der Waals surface area contributed by atoms with Gasteiger partial charge >= 0.3 is 5.69 Å². The van der Waals surface area contributed by atoms with Crippen LogP contribution >= 0.6 is 0 Å². The van der Waals surface area contributed by atoms with Crippen LogP contribution in [0.2, 0.25) is 0 Å². The lowest BCUT2D eigenvalue weighted by Gasteiger charge is -2.29. The summed E-state index contributed by atoms with van der Waals surface area (Å²) in [6, 6.07) is 4.71. The molecule has 1 amide bonds. The van der Waals surface area contributed by atoms with Crippen molar-refractivity contribution in [3.05, 3.63) is 33.9 Å². The maximum atomic E-state index is 12.3. The number of nitrogens with one attached hydrogen (secondary N) is 1. The van der Waals surface area contributed by atoms with E-state index in [1.807, 2.05) is 0 Å². The van der Waals surface area contributed by atoms with E-state index in [1.54, 1.807) is 24.8 Å². The van der Waals surface area contributed by atoms with Crippen LogP contribution < -0.4 is 10.1 Å². The van der Waals surface area contributed by atoms with Crippen molar-refractivity contribution in [2.75, 3.05) is 26.2 Å². The topological polar surface area (TPSA) is 84.7 Å². The Labute approximate surface area is 123 Å². The predicted octanol–water partition coefficient (Wildman–Crippen LogP) is 1.10. The van der Waals surface area contributed by atoms with Crippen molar-refractivity contribution in [1.82, 2.24) is 10.2 Å². The number of ether oxygens (including phenoxy) is 1. The van der Waals surface area contributed by atoms with Gasteiger partial charge in [0.05, 0.1) is 4.92 Å². The first-order chi connectivity index (χ1) is 9.99. The zero-order valence-corrected chi connectivity index (χ0v) is 12.2. The van der Waals surface area contributed by atoms with Gasteiger partial charge in [0, 0.05) is 32.2 Å². The van der Waals surface area contributed by atoms with Gasteiger partial charge in [-0.2, -0.15) is 0 Å². The predicted molar refractivity (Wildman–Crippen MR) is 77.4 cm³/mol. The summed E-state index contributed by atoms with van der Waals surface area (Å²) in [5, 5.41) is 14.2. The Kier molecular flexibility index (Phi) is 4.74. The quantitative estimate of drug-likeness (QED) is 0.664. The fourth-order valence-corrected chi connectivity index (χ4v) is 2.25. The molecule has 7 heteroatoms. The van der Waals surface area contributed by atoms with Crippen LogP contribution in [-0.2, 0) is 4.79 Å². The summed E-state index contributed by atoms with van der Waals surface area (Å²) in [7, 11) is 0. The minimum absolute atomic E-state index is 0.116. The van der Waals surface area contributed by atoms with Gasteiger partial charge in [-0.15, -0.1) is 0 Å². The van der Waals surface area contributed by atoms with Gasteiger partial charge in [-0.25, -0.2) is 0 Å². The van der Waals surface area contributed by atoms with Crippen LogP contribution in [-0.4, -0.2) is 48.0 Å². The summed E-state index contributed by atoms with van der Waals surface area (Å²) in [5.74, 6) is -0.0204. The Morgan fingerprint density at radius 2 is 2.10 bits per heavy atom. The zero-order valence-electron chi connectivity index (χ0n) is 12.2. The first-order valence-electron chi connectivity index (χ1n) is 6.90. The van der Waals surface area contributed by atoms with E-state index in [0.717, 1.165) is 18.7 Å². The van der Waals surface area contributed by atoms with Crippen LogP contribution in [0.5, 0.6) is 5.75 Å². The molecule has 1 aliphatic rings. The van der Waals surface area contributed by atoms with Crippen molar-refractivity contribution in [3.8, 4) is 5.75 Å². The fourth-order valence-electron chi connectivity index (χ4n) is 2.25. The Hall–Kier alpha value is -2.15. The molecule has 1 saturated heterocycles. The molecule has 0 aromatic heterocycles. The third-order valence-corrected chi connectivity index (χ3v) is 3.39. The molecule has 2 rings (SSSR count). The SMILES string of the molecule is Cc1ccc(OC(C)C(=O)N2CCNCC2)c([N+](=O)[O-])c1. The summed E-state index contributed by atoms with van der Waals surface area (Å²) in [6.45, 7) is 6.15. The number of carbonyl (C=O) groups excluding carboxylic acids is 1. The van der Waals surface area contributed by atoms with Crippen LogP contribution in [0, 0.1) is 17.0 Å². The highest BCUT2D eigenvalue weighted by atomic mass is 16.6. The average molecular weight is 293 g/mol. The summed E-state index contributed by atoms with van der Waals surface area (Å²) >= 11 is 0. The minimum atomic E-state index is -0.746. The molecule has 1 aliphatic heterocycles. The highest BCUT2D eigenvalue weighted by molar-refractivity contribution is 5.81. The number of benzene rings is 1. The van der Waals surface area contributed by atoms with E-state index in [1.165, 1.54) is 12.1 Å². The molecule has 0 saturated carbocycles. The largest absolute Gasteiger partial charge is 0.474 e. The molecule has 1 unspecified atom stereocenters. The fraction of sp³-hybridized carbons (Fsp3) is 0.500. The average Bonchev–Trinajstić information content (AvgIpc) is 2.49. The zero-order chi connectivity index (χ0) is 15.4. The molecule has 1 aromatic carbocycles. The first kappa shape index (κ1) is 15.2. The molecule has 0 radical (unpaired) electrons. The molecule has 7 nitrogen and oxygen atoms in total. The summed E-state index contributed by atoms with van der Waals surface area (Å²) < 4.78 is 5.52. The van der Waals surface area contributed by atoms with Crippen molar-refractivity contribution in [1.29, 1.82) is 0 Å². The molecule has 0 spiro atoms. The van der Waals surface area contributed by atoms with Crippen LogP contribution in [0.3, 0.4) is 0 Å². The number of carbonyl (C=O) groups is 1. The van der Waals surface area contributed by atoms with Crippen LogP contribution in [0.25, 0.3) is 0 Å². The Morgan fingerprint density at radius 1 is 1.43 bits per heavy atom. The molecular formula is C14H19N3O4. The van der Waals surface area contributed by atoms with E-state index in [4.69, 9.17) is 4.74 Å². The number of nitrogens with zero attached hydrogens (tertiary/aromatic N) is 2. The molecule has 0 bridgehead atoms. The number of nitro groups is 1. The number of rotatable bonds is 4. The summed E-state index contributed by atoms with van der Waals surface area (Å²) in [4.78, 5) is 24.5. The van der Waals surface area contributed by atoms with Crippen LogP contribution in [0.4, 0.5) is 5.69 Å². The van der Waals surface area contributed by atoms with Gasteiger partial charge in [0.1, 0.15) is 0 Å².